The summed E-state index contributed by atoms with van der Waals surface area (Å²) < 4.78 is 18.1. The number of hydrogen-bond acceptors (Lipinski definition) is 3. The molecule has 0 aromatic heterocycles. The van der Waals surface area contributed by atoms with Crippen LogP contribution in [0.25, 0.3) is 0 Å². The Morgan fingerprint density at radius 1 is 1.47 bits per heavy atom. The maximum atomic E-state index is 13.0. The van der Waals surface area contributed by atoms with Gasteiger partial charge in [0.15, 0.2) is 0 Å². The molecule has 0 saturated carbocycles. The van der Waals surface area contributed by atoms with Gasteiger partial charge < -0.3 is 15.2 Å². The van der Waals surface area contributed by atoms with E-state index in [1.807, 2.05) is 0 Å². The fourth-order valence-electron chi connectivity index (χ4n) is 1.49. The van der Waals surface area contributed by atoms with Crippen LogP contribution in [-0.2, 0) is 11.2 Å². The van der Waals surface area contributed by atoms with Crippen LogP contribution in [0.1, 0.15) is 12.0 Å². The monoisotopic (exact) mass is 241 g/mol. The second kappa shape index (κ2) is 6.85. The summed E-state index contributed by atoms with van der Waals surface area (Å²) >= 11 is 0. The molecular weight excluding hydrogens is 225 g/mol. The summed E-state index contributed by atoms with van der Waals surface area (Å²) in [5, 5.41) is 11.4. The van der Waals surface area contributed by atoms with Crippen molar-refractivity contribution in [1.82, 2.24) is 5.32 Å². The summed E-state index contributed by atoms with van der Waals surface area (Å²) in [7, 11) is 1.54. The van der Waals surface area contributed by atoms with Gasteiger partial charge in [0.1, 0.15) is 11.6 Å². The molecule has 0 aliphatic rings. The van der Waals surface area contributed by atoms with E-state index in [2.05, 4.69) is 5.32 Å². The molecule has 0 bridgehead atoms. The first-order valence-corrected chi connectivity index (χ1v) is 5.38. The quantitative estimate of drug-likeness (QED) is 0.709. The molecule has 1 aromatic rings. The number of hydrogen-bond donors (Lipinski definition) is 2. The number of benzene rings is 1. The minimum absolute atomic E-state index is 0.0836. The Balaban J connectivity index is 2.40. The van der Waals surface area contributed by atoms with Gasteiger partial charge in [-0.1, -0.05) is 0 Å². The molecule has 5 heteroatoms. The molecule has 1 aromatic carbocycles. The van der Waals surface area contributed by atoms with Crippen LogP contribution in [0.2, 0.25) is 0 Å². The molecule has 0 amide bonds. The fraction of sp³-hybridized carbons (Fsp3) is 0.417. The zero-order valence-electron chi connectivity index (χ0n) is 9.70. The highest BCUT2D eigenvalue weighted by Crippen LogP contribution is 2.19. The van der Waals surface area contributed by atoms with Crippen LogP contribution in [0.5, 0.6) is 5.75 Å². The molecule has 0 spiro atoms. The summed E-state index contributed by atoms with van der Waals surface area (Å²) in [5.41, 5.74) is 0.773. The third-order valence-corrected chi connectivity index (χ3v) is 2.33. The van der Waals surface area contributed by atoms with E-state index in [9.17, 15) is 9.18 Å². The second-order valence-electron chi connectivity index (χ2n) is 3.60. The highest BCUT2D eigenvalue weighted by molar-refractivity contribution is 5.66. The summed E-state index contributed by atoms with van der Waals surface area (Å²) in [4.78, 5) is 10.3. The fourth-order valence-corrected chi connectivity index (χ4v) is 1.49. The lowest BCUT2D eigenvalue weighted by molar-refractivity contribution is -0.136. The van der Waals surface area contributed by atoms with E-state index in [0.717, 1.165) is 5.56 Å². The third kappa shape index (κ3) is 4.82. The van der Waals surface area contributed by atoms with Gasteiger partial charge in [-0.3, -0.25) is 4.79 Å². The minimum atomic E-state index is -0.833. The molecule has 0 atom stereocenters. The largest absolute Gasteiger partial charge is 0.496 e. The minimum Gasteiger partial charge on any atom is -0.496 e. The topological polar surface area (TPSA) is 58.6 Å². The van der Waals surface area contributed by atoms with Gasteiger partial charge >= 0.3 is 5.97 Å². The average Bonchev–Trinajstić information content (AvgIpc) is 2.28. The van der Waals surface area contributed by atoms with Crippen LogP contribution < -0.4 is 10.1 Å². The maximum Gasteiger partial charge on any atom is 0.304 e. The zero-order chi connectivity index (χ0) is 12.7. The van der Waals surface area contributed by atoms with E-state index in [1.165, 1.54) is 19.2 Å². The molecule has 0 fully saturated rings. The lowest BCUT2D eigenvalue weighted by Gasteiger charge is -2.08. The lowest BCUT2D eigenvalue weighted by Crippen LogP contribution is -2.20. The Labute approximate surface area is 99.4 Å². The number of carbonyl (C=O) groups is 1. The molecule has 17 heavy (non-hydrogen) atoms. The number of ether oxygens (including phenoxy) is 1. The van der Waals surface area contributed by atoms with E-state index >= 15 is 0 Å². The summed E-state index contributed by atoms with van der Waals surface area (Å²) in [6, 6.07) is 4.36. The summed E-state index contributed by atoms with van der Waals surface area (Å²) in [6.07, 6.45) is 0.681. The van der Waals surface area contributed by atoms with Crippen molar-refractivity contribution in [2.75, 3.05) is 20.2 Å². The van der Waals surface area contributed by atoms with Crippen molar-refractivity contribution in [1.29, 1.82) is 0 Å². The van der Waals surface area contributed by atoms with Crippen molar-refractivity contribution in [3.8, 4) is 5.75 Å². The summed E-state index contributed by atoms with van der Waals surface area (Å²) in [6.45, 7) is 1.00. The van der Waals surface area contributed by atoms with Crippen LogP contribution in [0.15, 0.2) is 18.2 Å². The Hall–Kier alpha value is -1.62. The first-order valence-electron chi connectivity index (χ1n) is 5.38. The molecular formula is C12H16FNO3. The van der Waals surface area contributed by atoms with Gasteiger partial charge in [-0.15, -0.1) is 0 Å². The Bertz CT molecular complexity index is 382. The van der Waals surface area contributed by atoms with Crippen LogP contribution in [0, 0.1) is 5.82 Å². The van der Waals surface area contributed by atoms with Crippen LogP contribution >= 0.6 is 0 Å². The second-order valence-corrected chi connectivity index (χ2v) is 3.60. The Morgan fingerprint density at radius 2 is 2.24 bits per heavy atom. The number of aliphatic carboxylic acids is 1. The standard InChI is InChI=1S/C12H16FNO3/c1-17-11-3-2-10(13)8-9(11)4-6-14-7-5-12(15)16/h2-3,8,14H,4-7H2,1H3,(H,15,16). The van der Waals surface area contributed by atoms with Crippen molar-refractivity contribution in [3.05, 3.63) is 29.6 Å². The van der Waals surface area contributed by atoms with Gasteiger partial charge in [-0.25, -0.2) is 4.39 Å². The molecule has 0 radical (unpaired) electrons. The Kier molecular flexibility index (Phi) is 5.42. The first kappa shape index (κ1) is 13.4. The van der Waals surface area contributed by atoms with E-state index in [0.29, 0.717) is 25.3 Å². The van der Waals surface area contributed by atoms with Gasteiger partial charge in [-0.2, -0.15) is 0 Å². The van der Waals surface area contributed by atoms with Crippen LogP contribution in [0.3, 0.4) is 0 Å². The third-order valence-electron chi connectivity index (χ3n) is 2.33. The summed E-state index contributed by atoms with van der Waals surface area (Å²) in [5.74, 6) is -0.487. The predicted molar refractivity (Wildman–Crippen MR) is 61.8 cm³/mol. The van der Waals surface area contributed by atoms with Gasteiger partial charge in [0.05, 0.1) is 13.5 Å². The van der Waals surface area contributed by atoms with Crippen molar-refractivity contribution in [2.24, 2.45) is 0 Å². The molecule has 4 nitrogen and oxygen atoms in total. The first-order chi connectivity index (χ1) is 8.13. The van der Waals surface area contributed by atoms with E-state index in [-0.39, 0.29) is 12.2 Å². The maximum absolute atomic E-state index is 13.0. The molecule has 94 valence electrons. The SMILES string of the molecule is COc1ccc(F)cc1CCNCCC(=O)O. The highest BCUT2D eigenvalue weighted by Gasteiger charge is 2.04. The van der Waals surface area contributed by atoms with Gasteiger partial charge in [0.2, 0.25) is 0 Å². The number of carboxylic acid groups (broad SMARTS) is 1. The van der Waals surface area contributed by atoms with Gasteiger partial charge in [0.25, 0.3) is 0 Å². The molecule has 0 aliphatic heterocycles. The predicted octanol–water partition coefficient (Wildman–Crippen LogP) is 1.44. The van der Waals surface area contributed by atoms with Crippen molar-refractivity contribution < 1.29 is 19.0 Å². The normalized spacial score (nSPS) is 10.2. The molecule has 1 rings (SSSR count). The lowest BCUT2D eigenvalue weighted by atomic mass is 10.1. The van der Waals surface area contributed by atoms with E-state index in [1.54, 1.807) is 6.07 Å². The molecule has 0 unspecified atom stereocenters. The number of nitrogens with one attached hydrogen (secondary N) is 1. The van der Waals surface area contributed by atoms with Crippen molar-refractivity contribution >= 4 is 5.97 Å². The average molecular weight is 241 g/mol. The zero-order valence-corrected chi connectivity index (χ0v) is 9.70. The highest BCUT2D eigenvalue weighted by atomic mass is 19.1. The molecule has 0 aliphatic carbocycles. The van der Waals surface area contributed by atoms with Crippen molar-refractivity contribution in [2.45, 2.75) is 12.8 Å². The van der Waals surface area contributed by atoms with E-state index in [4.69, 9.17) is 9.84 Å². The molecule has 0 heterocycles. The van der Waals surface area contributed by atoms with Crippen molar-refractivity contribution in [3.63, 3.8) is 0 Å². The van der Waals surface area contributed by atoms with Gasteiger partial charge in [-0.05, 0) is 36.7 Å². The van der Waals surface area contributed by atoms with E-state index < -0.39 is 5.97 Å². The molecule has 0 saturated heterocycles. The number of halogens is 1. The molecule has 2 N–H and O–H groups in total. The number of methoxy groups -OCH3 is 1. The Morgan fingerprint density at radius 3 is 2.88 bits per heavy atom. The number of rotatable bonds is 7. The van der Waals surface area contributed by atoms with Crippen LogP contribution in [0.4, 0.5) is 4.39 Å². The number of carboxylic acids is 1. The van der Waals surface area contributed by atoms with Gasteiger partial charge in [0, 0.05) is 6.54 Å². The smallest absolute Gasteiger partial charge is 0.304 e. The van der Waals surface area contributed by atoms with Crippen LogP contribution in [-0.4, -0.2) is 31.3 Å².